The molecular weight excluding hydrogens is 782 g/mol. The summed E-state index contributed by atoms with van der Waals surface area (Å²) in [6, 6.07) is 10.3. The Morgan fingerprint density at radius 3 is 2.50 bits per heavy atom. The number of benzene rings is 1. The number of piperazine rings is 1. The molecule has 4 rings (SSSR count). The molecule has 0 bridgehead atoms. The number of nitrogens with zero attached hydrogens (tertiary/aromatic N) is 3. The van der Waals surface area contributed by atoms with E-state index in [4.69, 9.17) is 9.47 Å². The molecule has 2 aromatic heterocycles. The first-order valence-corrected chi connectivity index (χ1v) is 13.8. The van der Waals surface area contributed by atoms with Crippen molar-refractivity contribution in [3.05, 3.63) is 82.3 Å². The van der Waals surface area contributed by atoms with Gasteiger partial charge in [-0.15, -0.1) is 6.54 Å². The third kappa shape index (κ3) is 7.58. The molecule has 233 valence electrons. The molecule has 1 aromatic carbocycles. The van der Waals surface area contributed by atoms with Crippen molar-refractivity contribution in [1.82, 2.24) is 25.5 Å². The fourth-order valence-electron chi connectivity index (χ4n) is 4.73. The van der Waals surface area contributed by atoms with Crippen molar-refractivity contribution in [2.75, 3.05) is 45.2 Å². The Hall–Kier alpha value is -5.02. The van der Waals surface area contributed by atoms with E-state index < -0.39 is 6.10 Å². The molecule has 11 heteroatoms. The Kier molecular flexibility index (Phi) is 10.5. The monoisotopic (exact) mass is 821 g/mol. The Morgan fingerprint density at radius 1 is 1.07 bits per heavy atom. The van der Waals surface area contributed by atoms with E-state index in [-0.39, 0.29) is 17.4 Å². The van der Waals surface area contributed by atoms with Gasteiger partial charge in [-0.2, -0.15) is 6.92 Å². The zero-order chi connectivity index (χ0) is 29.5. The van der Waals surface area contributed by atoms with Crippen molar-refractivity contribution in [2.45, 2.75) is 40.7 Å². The second-order valence-electron chi connectivity index (χ2n) is 10.3. The standard InChI is InChI=1S/C31H39N6O4.Lr/c1-7-32-30(38)25-14-24(31(39)36-29-21(4)12-23(40-6)16-35-29)20(3)13-27(25)41-28(26-9-8-19(2)15-34-26)18-37-11-10-33-22(5)17-37;/h8-9,12-16,28,33H,7,10-11,17-18H2,1-6H3,(H,32,38)(H,35,36,39);/q-1;/t28-;/m1./s1. The summed E-state index contributed by atoms with van der Waals surface area (Å²) in [4.78, 5) is 37.9. The van der Waals surface area contributed by atoms with Crippen LogP contribution >= 0.6 is 0 Å². The number of methoxy groups -OCH3 is 1. The topological polar surface area (TPSA) is 118 Å². The molecule has 0 aliphatic carbocycles. The van der Waals surface area contributed by atoms with Crippen LogP contribution in [-0.4, -0.2) is 66.5 Å². The van der Waals surface area contributed by atoms with E-state index in [2.05, 4.69) is 37.7 Å². The number of aromatic nitrogens is 2. The SMILES string of the molecule is CCNC(=O)c1cc(C(=O)Nc2ncc(OC)cc2C)c(C)cc1O[C@H](CN1CCN[C-](C)C1)c1ccc(C)cn1.[Lr]. The van der Waals surface area contributed by atoms with E-state index in [9.17, 15) is 9.59 Å². The van der Waals surface area contributed by atoms with Crippen molar-refractivity contribution in [1.29, 1.82) is 0 Å². The van der Waals surface area contributed by atoms with Gasteiger partial charge in [0, 0.05) is 31.4 Å². The van der Waals surface area contributed by atoms with E-state index in [1.54, 1.807) is 31.5 Å². The molecular formula is C31H39LrN6O4-. The van der Waals surface area contributed by atoms with Crippen LogP contribution < -0.4 is 25.4 Å². The number of anilines is 1. The van der Waals surface area contributed by atoms with Crippen LogP contribution in [0.3, 0.4) is 0 Å². The average Bonchev–Trinajstić information content (AvgIpc) is 2.94. The van der Waals surface area contributed by atoms with Gasteiger partial charge in [-0.05, 0) is 75.2 Å². The minimum Gasteiger partial charge on any atom is -0.495 e. The summed E-state index contributed by atoms with van der Waals surface area (Å²) in [5, 5.41) is 9.10. The summed E-state index contributed by atoms with van der Waals surface area (Å²) < 4.78 is 11.8. The number of amides is 2. The molecule has 3 aromatic rings. The minimum atomic E-state index is -0.431. The first kappa shape index (κ1) is 31.5. The maximum absolute atomic E-state index is 13.4. The van der Waals surface area contributed by atoms with Gasteiger partial charge in [0.2, 0.25) is 0 Å². The summed E-state index contributed by atoms with van der Waals surface area (Å²) >= 11 is 0. The van der Waals surface area contributed by atoms with Crippen LogP contribution in [0, 0.1) is 26.8 Å². The summed E-state index contributed by atoms with van der Waals surface area (Å²) in [5.41, 5.74) is 3.88. The van der Waals surface area contributed by atoms with Crippen molar-refractivity contribution in [3.8, 4) is 11.5 Å². The largest absolute Gasteiger partial charge is 0.495 e. The van der Waals surface area contributed by atoms with Gasteiger partial charge in [-0.1, -0.05) is 6.07 Å². The molecule has 0 saturated carbocycles. The Bertz CT molecular complexity index is 1380. The number of hydrogen-bond donors (Lipinski definition) is 3. The molecule has 42 heavy (non-hydrogen) atoms. The smallest absolute Gasteiger partial charge is 0.257 e. The minimum absolute atomic E-state index is 0. The van der Waals surface area contributed by atoms with E-state index in [1.165, 1.54) is 6.04 Å². The molecule has 0 unspecified atom stereocenters. The third-order valence-corrected chi connectivity index (χ3v) is 6.95. The fourth-order valence-corrected chi connectivity index (χ4v) is 4.73. The molecule has 1 radical (unpaired) electrons. The predicted molar refractivity (Wildman–Crippen MR) is 158 cm³/mol. The number of pyridine rings is 2. The van der Waals surface area contributed by atoms with Crippen LogP contribution in [-0.2, 0) is 0 Å². The normalized spacial score (nSPS) is 14.4. The number of hydrogen-bond acceptors (Lipinski definition) is 8. The van der Waals surface area contributed by atoms with Gasteiger partial charge in [0.1, 0.15) is 17.3 Å². The second-order valence-corrected chi connectivity index (χ2v) is 10.3. The number of carbonyl (C=O) groups excluding carboxylic acids is 2. The number of aryl methyl sites for hydroxylation is 3. The Labute approximate surface area is 241 Å². The summed E-state index contributed by atoms with van der Waals surface area (Å²) in [7, 11) is 1.56. The van der Waals surface area contributed by atoms with Gasteiger partial charge in [-0.3, -0.25) is 14.6 Å². The quantitative estimate of drug-likeness (QED) is 0.263. The van der Waals surface area contributed by atoms with Gasteiger partial charge >= 0.3 is 0 Å². The molecule has 2 amide bonds. The van der Waals surface area contributed by atoms with Gasteiger partial charge in [0.05, 0.1) is 24.6 Å². The molecule has 1 aliphatic heterocycles. The Balaban J connectivity index is 0.00000484. The van der Waals surface area contributed by atoms with Crippen LogP contribution in [0.25, 0.3) is 0 Å². The average molecular weight is 822 g/mol. The molecule has 3 N–H and O–H groups in total. The maximum Gasteiger partial charge on any atom is 0.257 e. The van der Waals surface area contributed by atoms with Gasteiger partial charge < -0.3 is 30.3 Å². The van der Waals surface area contributed by atoms with Crippen molar-refractivity contribution in [3.63, 3.8) is 0 Å². The first-order chi connectivity index (χ1) is 19.7. The van der Waals surface area contributed by atoms with Crippen molar-refractivity contribution >= 4 is 17.6 Å². The van der Waals surface area contributed by atoms with E-state index in [1.807, 2.05) is 46.0 Å². The zero-order valence-electron chi connectivity index (χ0n) is 24.9. The van der Waals surface area contributed by atoms with E-state index >= 15 is 0 Å². The summed E-state index contributed by atoms with van der Waals surface area (Å²) in [6.45, 7) is 13.1. The molecule has 0 spiro atoms. The first-order valence-electron chi connectivity index (χ1n) is 13.8. The number of carbonyl (C=O) groups is 2. The van der Waals surface area contributed by atoms with E-state index in [0.717, 1.165) is 36.5 Å². The predicted octanol–water partition coefficient (Wildman–Crippen LogP) is 3.99. The third-order valence-electron chi connectivity index (χ3n) is 6.95. The molecule has 1 saturated heterocycles. The van der Waals surface area contributed by atoms with Gasteiger partial charge in [0.15, 0.2) is 6.10 Å². The number of rotatable bonds is 10. The van der Waals surface area contributed by atoms with Gasteiger partial charge in [0.25, 0.3) is 11.8 Å². The van der Waals surface area contributed by atoms with Crippen LogP contribution in [0.1, 0.15) is 63.1 Å². The Morgan fingerprint density at radius 2 is 1.86 bits per heavy atom. The van der Waals surface area contributed by atoms with Crippen molar-refractivity contribution in [2.24, 2.45) is 0 Å². The molecule has 10 nitrogen and oxygen atoms in total. The molecule has 3 heterocycles. The van der Waals surface area contributed by atoms with Crippen molar-refractivity contribution < 1.29 is 19.1 Å². The number of ether oxygens (including phenoxy) is 2. The molecule has 1 atom stereocenters. The van der Waals surface area contributed by atoms with Crippen LogP contribution in [0.2, 0.25) is 0 Å². The molecule has 1 fully saturated rings. The van der Waals surface area contributed by atoms with Crippen LogP contribution in [0.5, 0.6) is 11.5 Å². The van der Waals surface area contributed by atoms with Gasteiger partial charge in [-0.25, -0.2) is 11.0 Å². The summed E-state index contributed by atoms with van der Waals surface area (Å²) in [5.74, 6) is 0.722. The van der Waals surface area contributed by atoms with Crippen LogP contribution in [0.15, 0.2) is 42.7 Å². The zero-order valence-corrected chi connectivity index (χ0v) is 27.0. The fraction of sp³-hybridized carbons (Fsp3) is 0.387. The van der Waals surface area contributed by atoms with E-state index in [0.29, 0.717) is 41.5 Å². The maximum atomic E-state index is 13.4. The number of nitrogens with one attached hydrogen (secondary N) is 3. The molecule has 1 aliphatic rings. The second kappa shape index (κ2) is 14.0. The summed E-state index contributed by atoms with van der Waals surface area (Å²) in [6.07, 6.45) is 2.93. The van der Waals surface area contributed by atoms with Crippen LogP contribution in [0.4, 0.5) is 5.82 Å².